The number of carbonyl (C=O) groups is 1. The average molecular weight is 411 g/mol. The molecule has 0 aliphatic rings. The second kappa shape index (κ2) is 8.14. The van der Waals surface area contributed by atoms with Crippen molar-refractivity contribution in [1.29, 1.82) is 5.26 Å². The van der Waals surface area contributed by atoms with E-state index in [1.54, 1.807) is 24.4 Å². The summed E-state index contributed by atoms with van der Waals surface area (Å²) in [5, 5.41) is 9.17. The lowest BCUT2D eigenvalue weighted by Crippen LogP contribution is -2.23. The molecule has 0 unspecified atom stereocenters. The summed E-state index contributed by atoms with van der Waals surface area (Å²) < 4.78 is 33.6. The summed E-state index contributed by atoms with van der Waals surface area (Å²) in [5.41, 5.74) is 7.00. The zero-order valence-corrected chi connectivity index (χ0v) is 16.2. The van der Waals surface area contributed by atoms with E-state index in [0.717, 1.165) is 0 Å². The van der Waals surface area contributed by atoms with Gasteiger partial charge in [-0.2, -0.15) is 5.26 Å². The number of nitrogen functional groups attached to an aromatic ring is 1. The zero-order valence-electron chi connectivity index (χ0n) is 15.4. The van der Waals surface area contributed by atoms with Gasteiger partial charge in [-0.15, -0.1) is 0 Å². The summed E-state index contributed by atoms with van der Waals surface area (Å²) >= 11 is 0. The number of esters is 1. The van der Waals surface area contributed by atoms with E-state index in [1.165, 1.54) is 42.1 Å². The number of ether oxygens (including phenoxy) is 1. The van der Waals surface area contributed by atoms with Crippen LogP contribution in [0.3, 0.4) is 0 Å². The van der Waals surface area contributed by atoms with Gasteiger partial charge in [0, 0.05) is 18.1 Å². The van der Waals surface area contributed by atoms with E-state index >= 15 is 0 Å². The first kappa shape index (κ1) is 20.1. The number of nitrogens with one attached hydrogen (secondary N) is 1. The van der Waals surface area contributed by atoms with Gasteiger partial charge in [0.05, 0.1) is 35.5 Å². The predicted octanol–water partition coefficient (Wildman–Crippen LogP) is 1.59. The lowest BCUT2D eigenvalue weighted by atomic mass is 10.2. The molecule has 148 valence electrons. The van der Waals surface area contributed by atoms with Crippen molar-refractivity contribution in [2.75, 3.05) is 12.8 Å². The van der Waals surface area contributed by atoms with E-state index in [4.69, 9.17) is 10.5 Å². The minimum absolute atomic E-state index is 0.00641. The maximum absolute atomic E-state index is 12.5. The first-order chi connectivity index (χ1) is 13.9. The van der Waals surface area contributed by atoms with Crippen molar-refractivity contribution < 1.29 is 17.9 Å². The highest BCUT2D eigenvalue weighted by atomic mass is 32.2. The molecule has 0 amide bonds. The van der Waals surface area contributed by atoms with Gasteiger partial charge in [0.25, 0.3) is 0 Å². The maximum atomic E-state index is 12.5. The number of nitrogens with two attached hydrogens (primary N) is 1. The molecule has 3 rings (SSSR count). The molecule has 0 aliphatic carbocycles. The number of nitriles is 1. The standard InChI is InChI=1S/C19H17N5O4S/c1-28-19(25)18-17(21)13(10-20)12-24(18)15-5-7-16(8-6-15)29(26,27)23-11-14-4-2-3-9-22-14/h2-9,12,23H,11,21H2,1H3. The van der Waals surface area contributed by atoms with Crippen LogP contribution in [0.15, 0.2) is 59.8 Å². The summed E-state index contributed by atoms with van der Waals surface area (Å²) in [7, 11) is -2.56. The summed E-state index contributed by atoms with van der Waals surface area (Å²) in [4.78, 5) is 16.2. The second-order valence-electron chi connectivity index (χ2n) is 5.92. The molecule has 0 aliphatic heterocycles. The minimum atomic E-state index is -3.76. The topological polar surface area (TPSA) is 140 Å². The lowest BCUT2D eigenvalue weighted by molar-refractivity contribution is 0.0593. The van der Waals surface area contributed by atoms with Gasteiger partial charge in [-0.05, 0) is 36.4 Å². The molecule has 29 heavy (non-hydrogen) atoms. The molecule has 3 aromatic rings. The van der Waals surface area contributed by atoms with Crippen molar-refractivity contribution in [1.82, 2.24) is 14.3 Å². The van der Waals surface area contributed by atoms with Crippen LogP contribution in [-0.4, -0.2) is 31.0 Å². The number of sulfonamides is 1. The fourth-order valence-electron chi connectivity index (χ4n) is 2.66. The van der Waals surface area contributed by atoms with Crippen molar-refractivity contribution in [2.45, 2.75) is 11.4 Å². The number of anilines is 1. The SMILES string of the molecule is COC(=O)c1c(N)c(C#N)cn1-c1ccc(S(=O)(=O)NCc2ccccn2)cc1. The number of rotatable bonds is 6. The van der Waals surface area contributed by atoms with Crippen LogP contribution in [-0.2, 0) is 21.3 Å². The van der Waals surface area contributed by atoms with Crippen LogP contribution in [0, 0.1) is 11.3 Å². The number of carbonyl (C=O) groups excluding carboxylic acids is 1. The molecule has 0 atom stereocenters. The molecule has 0 spiro atoms. The van der Waals surface area contributed by atoms with Crippen molar-refractivity contribution in [3.05, 3.63) is 71.8 Å². The Labute approximate surface area is 167 Å². The number of methoxy groups -OCH3 is 1. The van der Waals surface area contributed by atoms with Crippen molar-refractivity contribution in [2.24, 2.45) is 0 Å². The summed E-state index contributed by atoms with van der Waals surface area (Å²) in [5.74, 6) is -0.710. The smallest absolute Gasteiger partial charge is 0.357 e. The third kappa shape index (κ3) is 4.11. The summed E-state index contributed by atoms with van der Waals surface area (Å²) in [6.07, 6.45) is 2.97. The van der Waals surface area contributed by atoms with Crippen LogP contribution in [0.4, 0.5) is 5.69 Å². The quantitative estimate of drug-likeness (QED) is 0.587. The highest BCUT2D eigenvalue weighted by Gasteiger charge is 2.22. The summed E-state index contributed by atoms with van der Waals surface area (Å²) in [6, 6.07) is 12.9. The molecular formula is C19H17N5O4S. The van der Waals surface area contributed by atoms with Gasteiger partial charge in [-0.1, -0.05) is 6.07 Å². The molecule has 0 bridgehead atoms. The van der Waals surface area contributed by atoms with Gasteiger partial charge in [-0.3, -0.25) is 4.98 Å². The Morgan fingerprint density at radius 3 is 2.59 bits per heavy atom. The molecule has 0 saturated heterocycles. The Kier molecular flexibility index (Phi) is 5.63. The van der Waals surface area contributed by atoms with Crippen LogP contribution in [0.2, 0.25) is 0 Å². The van der Waals surface area contributed by atoms with Gasteiger partial charge in [-0.25, -0.2) is 17.9 Å². The Bertz CT molecular complexity index is 1180. The normalized spacial score (nSPS) is 11.0. The fraction of sp³-hybridized carbons (Fsp3) is 0.105. The average Bonchev–Trinajstić information content (AvgIpc) is 3.09. The van der Waals surface area contributed by atoms with Gasteiger partial charge >= 0.3 is 5.97 Å². The van der Waals surface area contributed by atoms with E-state index in [2.05, 4.69) is 9.71 Å². The monoisotopic (exact) mass is 411 g/mol. The summed E-state index contributed by atoms with van der Waals surface area (Å²) in [6.45, 7) is 0.0527. The Morgan fingerprint density at radius 2 is 2.00 bits per heavy atom. The highest BCUT2D eigenvalue weighted by molar-refractivity contribution is 7.89. The molecule has 10 heteroatoms. The fourth-order valence-corrected chi connectivity index (χ4v) is 3.66. The number of pyridine rings is 1. The third-order valence-electron chi connectivity index (χ3n) is 4.14. The van der Waals surface area contributed by atoms with Gasteiger partial charge < -0.3 is 15.0 Å². The molecule has 2 aromatic heterocycles. The molecule has 2 heterocycles. The number of hydrogen-bond acceptors (Lipinski definition) is 7. The molecule has 9 nitrogen and oxygen atoms in total. The van der Waals surface area contributed by atoms with E-state index < -0.39 is 16.0 Å². The second-order valence-corrected chi connectivity index (χ2v) is 7.68. The number of hydrogen-bond donors (Lipinski definition) is 2. The van der Waals surface area contributed by atoms with Crippen LogP contribution in [0.1, 0.15) is 21.7 Å². The van der Waals surface area contributed by atoms with Crippen LogP contribution in [0.25, 0.3) is 5.69 Å². The Hall–Kier alpha value is -3.68. The molecule has 3 N–H and O–H groups in total. The molecule has 0 saturated carbocycles. The van der Waals surface area contributed by atoms with E-state index in [-0.39, 0.29) is 28.4 Å². The number of nitrogens with zero attached hydrogens (tertiary/aromatic N) is 3. The molecule has 0 radical (unpaired) electrons. The Morgan fingerprint density at radius 1 is 1.28 bits per heavy atom. The number of benzene rings is 1. The maximum Gasteiger partial charge on any atom is 0.357 e. The first-order valence-corrected chi connectivity index (χ1v) is 9.85. The van der Waals surface area contributed by atoms with Crippen LogP contribution < -0.4 is 10.5 Å². The zero-order chi connectivity index (χ0) is 21.0. The van der Waals surface area contributed by atoms with Crippen molar-refractivity contribution >= 4 is 21.7 Å². The van der Waals surface area contributed by atoms with E-state index in [0.29, 0.717) is 11.4 Å². The number of aromatic nitrogens is 2. The molecule has 0 fully saturated rings. The first-order valence-electron chi connectivity index (χ1n) is 8.36. The van der Waals surface area contributed by atoms with Gasteiger partial charge in [0.2, 0.25) is 10.0 Å². The largest absolute Gasteiger partial charge is 0.464 e. The molecule has 1 aromatic carbocycles. The highest BCUT2D eigenvalue weighted by Crippen LogP contribution is 2.25. The lowest BCUT2D eigenvalue weighted by Gasteiger charge is -2.10. The van der Waals surface area contributed by atoms with Gasteiger partial charge in [0.15, 0.2) is 5.69 Å². The molecular weight excluding hydrogens is 394 g/mol. The van der Waals surface area contributed by atoms with E-state index in [9.17, 15) is 18.5 Å². The van der Waals surface area contributed by atoms with Crippen LogP contribution >= 0.6 is 0 Å². The Balaban J connectivity index is 1.89. The minimum Gasteiger partial charge on any atom is -0.464 e. The van der Waals surface area contributed by atoms with Crippen molar-refractivity contribution in [3.63, 3.8) is 0 Å². The predicted molar refractivity (Wildman–Crippen MR) is 104 cm³/mol. The van der Waals surface area contributed by atoms with Crippen LogP contribution in [0.5, 0.6) is 0 Å². The van der Waals surface area contributed by atoms with E-state index in [1.807, 2.05) is 6.07 Å². The van der Waals surface area contributed by atoms with Gasteiger partial charge in [0.1, 0.15) is 6.07 Å². The van der Waals surface area contributed by atoms with Crippen molar-refractivity contribution in [3.8, 4) is 11.8 Å². The third-order valence-corrected chi connectivity index (χ3v) is 5.56.